The van der Waals surface area contributed by atoms with Crippen molar-refractivity contribution in [2.75, 3.05) is 13.1 Å². The predicted octanol–water partition coefficient (Wildman–Crippen LogP) is 4.21. The molecule has 0 atom stereocenters. The van der Waals surface area contributed by atoms with Gasteiger partial charge in [-0.1, -0.05) is 12.1 Å². The van der Waals surface area contributed by atoms with E-state index in [4.69, 9.17) is 16.0 Å². The summed E-state index contributed by atoms with van der Waals surface area (Å²) in [4.78, 5) is 17.4. The van der Waals surface area contributed by atoms with Crippen LogP contribution in [0.15, 0.2) is 30.5 Å². The summed E-state index contributed by atoms with van der Waals surface area (Å²) in [5.74, 6) is 0.634. The molecule has 2 heterocycles. The minimum atomic E-state index is -0.269. The summed E-state index contributed by atoms with van der Waals surface area (Å²) in [7, 11) is 0. The second kappa shape index (κ2) is 8.08. The average Bonchev–Trinajstić information content (AvgIpc) is 3.35. The van der Waals surface area contributed by atoms with Crippen LogP contribution in [0.4, 0.5) is 10.5 Å². The van der Waals surface area contributed by atoms with Crippen LogP contribution < -0.4 is 4.74 Å². The highest BCUT2D eigenvalue weighted by molar-refractivity contribution is 5.68. The lowest BCUT2D eigenvalue weighted by Gasteiger charge is -2.32. The number of hydrogen-bond acceptors (Lipinski definition) is 5. The number of amides is 1. The molecule has 0 unspecified atom stereocenters. The van der Waals surface area contributed by atoms with Crippen LogP contribution >= 0.6 is 0 Å². The third kappa shape index (κ3) is 4.23. The van der Waals surface area contributed by atoms with Crippen LogP contribution in [0, 0.1) is 17.9 Å². The maximum atomic E-state index is 12.3. The minimum Gasteiger partial charge on any atom is -0.489 e. The van der Waals surface area contributed by atoms with Gasteiger partial charge in [-0.05, 0) is 44.7 Å². The lowest BCUT2D eigenvalue weighted by atomic mass is 10.1. The van der Waals surface area contributed by atoms with Crippen molar-refractivity contribution in [2.45, 2.75) is 50.9 Å². The summed E-state index contributed by atoms with van der Waals surface area (Å²) >= 11 is 0. The number of piperidine rings is 1. The fraction of sp³-hybridized carbons (Fsp3) is 0.455. The van der Waals surface area contributed by atoms with E-state index in [-0.39, 0.29) is 24.3 Å². The standard InChI is InChI=1S/C22H23N5O3/c1-22(9-10-22)30-21(28)26-11-7-18(8-12-26)27-20(13-23)16(14-25-27)15-29-19-5-3-17(24-2)4-6-19/h3-6,14,18H,7-12,15H2,1H3. The Bertz CT molecular complexity index is 1000. The van der Waals surface area contributed by atoms with E-state index < -0.39 is 0 Å². The van der Waals surface area contributed by atoms with Crippen molar-refractivity contribution in [3.05, 3.63) is 53.1 Å². The lowest BCUT2D eigenvalue weighted by Crippen LogP contribution is -2.41. The first-order valence-electron chi connectivity index (χ1n) is 10.1. The van der Waals surface area contributed by atoms with Gasteiger partial charge in [0.15, 0.2) is 5.69 Å². The molecule has 154 valence electrons. The Labute approximate surface area is 175 Å². The van der Waals surface area contributed by atoms with Crippen molar-refractivity contribution in [3.8, 4) is 11.8 Å². The van der Waals surface area contributed by atoms with E-state index in [9.17, 15) is 10.1 Å². The van der Waals surface area contributed by atoms with Gasteiger partial charge >= 0.3 is 6.09 Å². The highest BCUT2D eigenvalue weighted by Gasteiger charge is 2.43. The Morgan fingerprint density at radius 2 is 2.03 bits per heavy atom. The molecule has 1 saturated carbocycles. The van der Waals surface area contributed by atoms with Crippen LogP contribution in [0.3, 0.4) is 0 Å². The Morgan fingerprint density at radius 1 is 1.33 bits per heavy atom. The summed E-state index contributed by atoms with van der Waals surface area (Å²) in [5, 5.41) is 14.1. The van der Waals surface area contributed by atoms with Crippen LogP contribution in [0.25, 0.3) is 4.85 Å². The van der Waals surface area contributed by atoms with E-state index in [0.29, 0.717) is 30.2 Å². The first-order valence-corrected chi connectivity index (χ1v) is 10.1. The number of likely N-dealkylation sites (tertiary alicyclic amines) is 1. The molecule has 1 aliphatic carbocycles. The zero-order chi connectivity index (χ0) is 21.1. The molecule has 1 aromatic heterocycles. The van der Waals surface area contributed by atoms with Crippen LogP contribution in [0.5, 0.6) is 5.75 Å². The molecule has 1 aromatic carbocycles. The van der Waals surface area contributed by atoms with E-state index >= 15 is 0 Å². The molecule has 2 aliphatic rings. The monoisotopic (exact) mass is 405 g/mol. The molecule has 8 heteroatoms. The number of nitrogens with zero attached hydrogens (tertiary/aromatic N) is 5. The van der Waals surface area contributed by atoms with Gasteiger partial charge in [0.25, 0.3) is 0 Å². The fourth-order valence-corrected chi connectivity index (χ4v) is 3.53. The van der Waals surface area contributed by atoms with Crippen molar-refractivity contribution in [3.63, 3.8) is 0 Å². The highest BCUT2D eigenvalue weighted by Crippen LogP contribution is 2.39. The molecule has 0 radical (unpaired) electrons. The topological polar surface area (TPSA) is 84.7 Å². The van der Waals surface area contributed by atoms with Crippen LogP contribution in [0.2, 0.25) is 0 Å². The van der Waals surface area contributed by atoms with Gasteiger partial charge in [-0.3, -0.25) is 4.68 Å². The molecular weight excluding hydrogens is 382 g/mol. The molecule has 1 amide bonds. The van der Waals surface area contributed by atoms with Gasteiger partial charge in [0, 0.05) is 18.7 Å². The molecule has 2 aromatic rings. The van der Waals surface area contributed by atoms with Crippen molar-refractivity contribution < 1.29 is 14.3 Å². The third-order valence-electron chi connectivity index (χ3n) is 5.69. The SMILES string of the molecule is [C-]#[N+]c1ccc(OCc2cnn(C3CCN(C(=O)OC4(C)CC4)CC3)c2C#N)cc1. The molecule has 4 rings (SSSR count). The molecule has 30 heavy (non-hydrogen) atoms. The summed E-state index contributed by atoms with van der Waals surface area (Å²) in [6.07, 6.45) is 4.74. The number of aromatic nitrogens is 2. The van der Waals surface area contributed by atoms with Crippen molar-refractivity contribution >= 4 is 11.8 Å². The molecule has 1 saturated heterocycles. The molecule has 0 N–H and O–H groups in total. The highest BCUT2D eigenvalue weighted by atomic mass is 16.6. The van der Waals surface area contributed by atoms with E-state index in [1.54, 1.807) is 40.0 Å². The second-order valence-electron chi connectivity index (χ2n) is 8.01. The van der Waals surface area contributed by atoms with Crippen LogP contribution in [-0.4, -0.2) is 39.5 Å². The number of hydrogen-bond donors (Lipinski definition) is 0. The molecule has 0 bridgehead atoms. The smallest absolute Gasteiger partial charge is 0.410 e. The van der Waals surface area contributed by atoms with Crippen molar-refractivity contribution in [1.82, 2.24) is 14.7 Å². The maximum Gasteiger partial charge on any atom is 0.410 e. The zero-order valence-corrected chi connectivity index (χ0v) is 16.9. The van der Waals surface area contributed by atoms with Crippen LogP contribution in [-0.2, 0) is 11.3 Å². The predicted molar refractivity (Wildman–Crippen MR) is 108 cm³/mol. The van der Waals surface area contributed by atoms with Gasteiger partial charge < -0.3 is 14.4 Å². The summed E-state index contributed by atoms with van der Waals surface area (Å²) in [6, 6.07) is 9.17. The third-order valence-corrected chi connectivity index (χ3v) is 5.69. The number of ether oxygens (including phenoxy) is 2. The summed E-state index contributed by atoms with van der Waals surface area (Å²) in [6.45, 7) is 10.4. The van der Waals surface area contributed by atoms with E-state index in [1.807, 2.05) is 6.92 Å². The van der Waals surface area contributed by atoms with E-state index in [2.05, 4.69) is 16.0 Å². The molecular formula is C22H23N5O3. The Hall–Kier alpha value is -3.52. The first-order chi connectivity index (χ1) is 14.5. The first kappa shape index (κ1) is 19.8. The van der Waals surface area contributed by atoms with Crippen LogP contribution in [0.1, 0.15) is 49.9 Å². The zero-order valence-electron chi connectivity index (χ0n) is 16.9. The lowest BCUT2D eigenvalue weighted by molar-refractivity contribution is 0.0489. The fourth-order valence-electron chi connectivity index (χ4n) is 3.53. The Morgan fingerprint density at radius 3 is 2.63 bits per heavy atom. The van der Waals surface area contributed by atoms with E-state index in [0.717, 1.165) is 31.2 Å². The van der Waals surface area contributed by atoms with Gasteiger partial charge in [-0.2, -0.15) is 10.4 Å². The van der Waals surface area contributed by atoms with Gasteiger partial charge in [0.2, 0.25) is 0 Å². The Balaban J connectivity index is 1.36. The summed E-state index contributed by atoms with van der Waals surface area (Å²) < 4.78 is 13.1. The van der Waals surface area contributed by atoms with Crippen molar-refractivity contribution in [2.24, 2.45) is 0 Å². The quantitative estimate of drug-likeness (QED) is 0.696. The molecule has 1 aliphatic heterocycles. The normalized spacial score (nSPS) is 17.6. The maximum absolute atomic E-state index is 12.3. The van der Waals surface area contributed by atoms with Gasteiger partial charge in [0.05, 0.1) is 18.8 Å². The van der Waals surface area contributed by atoms with Gasteiger partial charge in [0.1, 0.15) is 29.7 Å². The number of carbonyl (C=O) groups excluding carboxylic acids is 1. The molecule has 8 nitrogen and oxygen atoms in total. The van der Waals surface area contributed by atoms with Crippen molar-refractivity contribution in [1.29, 1.82) is 5.26 Å². The average molecular weight is 405 g/mol. The number of rotatable bonds is 5. The van der Waals surface area contributed by atoms with Gasteiger partial charge in [-0.15, -0.1) is 0 Å². The largest absolute Gasteiger partial charge is 0.489 e. The van der Waals surface area contributed by atoms with E-state index in [1.165, 1.54) is 0 Å². The number of nitriles is 1. The molecule has 0 spiro atoms. The summed E-state index contributed by atoms with van der Waals surface area (Å²) in [5.41, 5.74) is 1.48. The number of carbonyl (C=O) groups is 1. The minimum absolute atomic E-state index is 0.0620. The second-order valence-corrected chi connectivity index (χ2v) is 8.01. The number of benzene rings is 1. The molecule has 2 fully saturated rings. The Kier molecular flexibility index (Phi) is 5.33. The van der Waals surface area contributed by atoms with Gasteiger partial charge in [-0.25, -0.2) is 9.64 Å².